The average Bonchev–Trinajstić information content (AvgIpc) is 2.76. The minimum Gasteiger partial charge on any atom is -0.495 e. The maximum absolute atomic E-state index is 6.13. The highest BCUT2D eigenvalue weighted by atomic mass is 35.5. The molecule has 2 aromatic rings. The second-order valence-corrected chi connectivity index (χ2v) is 6.10. The first-order valence-electron chi connectivity index (χ1n) is 7.25. The fourth-order valence-electron chi connectivity index (χ4n) is 2.45. The summed E-state index contributed by atoms with van der Waals surface area (Å²) >= 11 is 12.2. The van der Waals surface area contributed by atoms with E-state index in [1.54, 1.807) is 13.2 Å². The zero-order chi connectivity index (χ0) is 16.1. The van der Waals surface area contributed by atoms with Crippen molar-refractivity contribution in [3.63, 3.8) is 0 Å². The van der Waals surface area contributed by atoms with Crippen LogP contribution in [0.2, 0.25) is 10.0 Å². The lowest BCUT2D eigenvalue weighted by molar-refractivity contribution is 0.407. The van der Waals surface area contributed by atoms with Crippen LogP contribution in [0.15, 0.2) is 18.2 Å². The highest BCUT2D eigenvalue weighted by Crippen LogP contribution is 2.31. The Bertz CT molecular complexity index is 641. The van der Waals surface area contributed by atoms with Crippen molar-refractivity contribution in [1.82, 2.24) is 15.1 Å². The molecule has 0 bridgehead atoms. The molecule has 1 aromatic carbocycles. The topological polar surface area (TPSA) is 39.1 Å². The summed E-state index contributed by atoms with van der Waals surface area (Å²) in [6, 6.07) is 5.65. The van der Waals surface area contributed by atoms with Crippen LogP contribution in [0.25, 0.3) is 0 Å². The van der Waals surface area contributed by atoms with Crippen molar-refractivity contribution in [3.8, 4) is 5.75 Å². The number of nitrogens with one attached hydrogen (secondary N) is 1. The minimum atomic E-state index is 0.537. The Morgan fingerprint density at radius 2 is 2.00 bits per heavy atom. The Balaban J connectivity index is 1.83. The first kappa shape index (κ1) is 17.1. The van der Waals surface area contributed by atoms with Gasteiger partial charge >= 0.3 is 0 Å². The molecule has 2 rings (SSSR count). The van der Waals surface area contributed by atoms with E-state index in [-0.39, 0.29) is 0 Å². The maximum Gasteiger partial charge on any atom is 0.142 e. The summed E-state index contributed by atoms with van der Waals surface area (Å²) < 4.78 is 7.37. The van der Waals surface area contributed by atoms with E-state index in [2.05, 4.69) is 23.4 Å². The fourth-order valence-corrected chi connectivity index (χ4v) is 3.06. The van der Waals surface area contributed by atoms with Crippen LogP contribution in [0.3, 0.4) is 0 Å². The third-order valence-corrected chi connectivity index (χ3v) is 3.93. The van der Waals surface area contributed by atoms with E-state index in [9.17, 15) is 0 Å². The Hall–Kier alpha value is -1.23. The molecule has 0 aliphatic carbocycles. The molecule has 1 aromatic heterocycles. The average molecular weight is 342 g/mol. The molecule has 1 N–H and O–H groups in total. The highest BCUT2D eigenvalue weighted by molar-refractivity contribution is 6.35. The van der Waals surface area contributed by atoms with Gasteiger partial charge in [-0.05, 0) is 45.0 Å². The van der Waals surface area contributed by atoms with E-state index in [4.69, 9.17) is 27.9 Å². The molecular formula is C16H21Cl2N3O. The molecule has 0 radical (unpaired) electrons. The van der Waals surface area contributed by atoms with Gasteiger partial charge in [0.2, 0.25) is 0 Å². The predicted molar refractivity (Wildman–Crippen MR) is 91.0 cm³/mol. The summed E-state index contributed by atoms with van der Waals surface area (Å²) in [6.45, 7) is 6.54. The molecule has 0 unspecified atom stereocenters. The monoisotopic (exact) mass is 341 g/mol. The van der Waals surface area contributed by atoms with Crippen molar-refractivity contribution in [2.75, 3.05) is 13.7 Å². The van der Waals surface area contributed by atoms with Crippen LogP contribution >= 0.6 is 23.2 Å². The normalized spacial score (nSPS) is 11.0. The van der Waals surface area contributed by atoms with Gasteiger partial charge < -0.3 is 10.1 Å². The molecule has 1 heterocycles. The number of aryl methyl sites for hydroxylation is 3. The van der Waals surface area contributed by atoms with Crippen molar-refractivity contribution in [3.05, 3.63) is 45.2 Å². The summed E-state index contributed by atoms with van der Waals surface area (Å²) in [6.07, 6.45) is 0.999. The van der Waals surface area contributed by atoms with Crippen LogP contribution in [-0.4, -0.2) is 23.4 Å². The Labute approximate surface area is 141 Å². The zero-order valence-electron chi connectivity index (χ0n) is 13.1. The van der Waals surface area contributed by atoms with Crippen LogP contribution in [0.5, 0.6) is 5.75 Å². The molecule has 0 saturated carbocycles. The van der Waals surface area contributed by atoms with Gasteiger partial charge in [0.15, 0.2) is 0 Å². The molecule has 0 aliphatic heterocycles. The van der Waals surface area contributed by atoms with E-state index in [0.29, 0.717) is 22.3 Å². The summed E-state index contributed by atoms with van der Waals surface area (Å²) in [4.78, 5) is 0. The molecule has 0 amide bonds. The predicted octanol–water partition coefficient (Wildman–Crippen LogP) is 4.00. The first-order chi connectivity index (χ1) is 10.5. The lowest BCUT2D eigenvalue weighted by Crippen LogP contribution is -2.17. The van der Waals surface area contributed by atoms with Gasteiger partial charge in [0.05, 0.1) is 17.8 Å². The number of hydrogen-bond acceptors (Lipinski definition) is 3. The summed E-state index contributed by atoms with van der Waals surface area (Å²) in [5, 5.41) is 8.99. The molecule has 0 aliphatic rings. The SMILES string of the molecule is COc1c(Cl)cc(Cl)cc1CNCCCn1nc(C)cc1C. The van der Waals surface area contributed by atoms with Gasteiger partial charge in [0.25, 0.3) is 0 Å². The molecule has 0 atom stereocenters. The van der Waals surface area contributed by atoms with Crippen molar-refractivity contribution in [1.29, 1.82) is 0 Å². The van der Waals surface area contributed by atoms with Gasteiger partial charge in [-0.1, -0.05) is 23.2 Å². The Kier molecular flexibility index (Phi) is 6.12. The Morgan fingerprint density at radius 3 is 2.64 bits per heavy atom. The third-order valence-electron chi connectivity index (χ3n) is 3.43. The lowest BCUT2D eigenvalue weighted by atomic mass is 10.2. The zero-order valence-corrected chi connectivity index (χ0v) is 14.6. The second-order valence-electron chi connectivity index (χ2n) is 5.26. The molecule has 0 saturated heterocycles. The number of benzene rings is 1. The smallest absolute Gasteiger partial charge is 0.142 e. The Morgan fingerprint density at radius 1 is 1.23 bits per heavy atom. The van der Waals surface area contributed by atoms with E-state index < -0.39 is 0 Å². The number of ether oxygens (including phenoxy) is 1. The lowest BCUT2D eigenvalue weighted by Gasteiger charge is -2.12. The number of aromatic nitrogens is 2. The van der Waals surface area contributed by atoms with Crippen molar-refractivity contribution in [2.24, 2.45) is 0 Å². The number of methoxy groups -OCH3 is 1. The first-order valence-corrected chi connectivity index (χ1v) is 8.00. The largest absolute Gasteiger partial charge is 0.495 e. The van der Waals surface area contributed by atoms with Crippen molar-refractivity contribution in [2.45, 2.75) is 33.4 Å². The van der Waals surface area contributed by atoms with E-state index in [1.807, 2.05) is 17.7 Å². The van der Waals surface area contributed by atoms with Gasteiger partial charge in [0.1, 0.15) is 5.75 Å². The number of hydrogen-bond donors (Lipinski definition) is 1. The number of nitrogens with zero attached hydrogens (tertiary/aromatic N) is 2. The number of rotatable bonds is 7. The van der Waals surface area contributed by atoms with Crippen LogP contribution in [0.1, 0.15) is 23.4 Å². The summed E-state index contributed by atoms with van der Waals surface area (Å²) in [5.41, 5.74) is 3.22. The molecule has 4 nitrogen and oxygen atoms in total. The van der Waals surface area contributed by atoms with E-state index in [0.717, 1.165) is 30.8 Å². The van der Waals surface area contributed by atoms with Crippen LogP contribution in [-0.2, 0) is 13.1 Å². The van der Waals surface area contributed by atoms with Crippen molar-refractivity contribution >= 4 is 23.2 Å². The van der Waals surface area contributed by atoms with Gasteiger partial charge in [0, 0.05) is 29.4 Å². The second kappa shape index (κ2) is 7.86. The van der Waals surface area contributed by atoms with Crippen molar-refractivity contribution < 1.29 is 4.74 Å². The molecule has 0 fully saturated rings. The van der Waals surface area contributed by atoms with Crippen LogP contribution in [0.4, 0.5) is 0 Å². The molecule has 120 valence electrons. The summed E-state index contributed by atoms with van der Waals surface area (Å²) in [5.74, 6) is 0.678. The van der Waals surface area contributed by atoms with Gasteiger partial charge in [-0.15, -0.1) is 0 Å². The third kappa shape index (κ3) is 4.38. The maximum atomic E-state index is 6.13. The van der Waals surface area contributed by atoms with Gasteiger partial charge in [-0.25, -0.2) is 0 Å². The standard InChI is InChI=1S/C16H21Cl2N3O/c1-11-7-12(2)21(20-11)6-4-5-19-10-13-8-14(17)9-15(18)16(13)22-3/h7-9,19H,4-6,10H2,1-3H3. The molecular weight excluding hydrogens is 321 g/mol. The summed E-state index contributed by atoms with van der Waals surface area (Å²) in [7, 11) is 1.61. The highest BCUT2D eigenvalue weighted by Gasteiger charge is 2.09. The van der Waals surface area contributed by atoms with E-state index >= 15 is 0 Å². The van der Waals surface area contributed by atoms with E-state index in [1.165, 1.54) is 5.69 Å². The molecule has 0 spiro atoms. The number of halogens is 2. The molecule has 22 heavy (non-hydrogen) atoms. The minimum absolute atomic E-state index is 0.537. The fraction of sp³-hybridized carbons (Fsp3) is 0.438. The van der Waals surface area contributed by atoms with Crippen LogP contribution < -0.4 is 10.1 Å². The van der Waals surface area contributed by atoms with Gasteiger partial charge in [-0.2, -0.15) is 5.10 Å². The van der Waals surface area contributed by atoms with Gasteiger partial charge in [-0.3, -0.25) is 4.68 Å². The van der Waals surface area contributed by atoms with Crippen LogP contribution in [0, 0.1) is 13.8 Å². The molecule has 6 heteroatoms. The quantitative estimate of drug-likeness (QED) is 0.773.